The largest absolute Gasteiger partial charge is 0.373 e. The van der Waals surface area contributed by atoms with Gasteiger partial charge in [0, 0.05) is 5.54 Å². The number of hydrogen-bond donors (Lipinski definition) is 2. The molecular formula is C13H18N4O. The molecule has 0 aliphatic carbocycles. The summed E-state index contributed by atoms with van der Waals surface area (Å²) in [4.78, 5) is 15.8. The molecule has 0 aromatic carbocycles. The fraction of sp³-hybridized carbons (Fsp3) is 0.462. The van der Waals surface area contributed by atoms with Crippen LogP contribution in [0.25, 0.3) is 0 Å². The lowest BCUT2D eigenvalue weighted by Gasteiger charge is -2.24. The van der Waals surface area contributed by atoms with Gasteiger partial charge in [-0.2, -0.15) is 5.26 Å². The molecule has 1 atom stereocenters. The van der Waals surface area contributed by atoms with Gasteiger partial charge in [-0.25, -0.2) is 4.98 Å². The number of amides is 1. The molecule has 5 heteroatoms. The molecule has 0 radical (unpaired) electrons. The molecule has 1 amide bonds. The van der Waals surface area contributed by atoms with Gasteiger partial charge in [-0.05, 0) is 39.8 Å². The Labute approximate surface area is 107 Å². The van der Waals surface area contributed by atoms with Gasteiger partial charge in [0.1, 0.15) is 17.8 Å². The van der Waals surface area contributed by atoms with E-state index in [-0.39, 0.29) is 17.5 Å². The highest BCUT2D eigenvalue weighted by Gasteiger charge is 2.18. The summed E-state index contributed by atoms with van der Waals surface area (Å²) in [6.07, 6.45) is 1.54. The Hall–Kier alpha value is -2.09. The van der Waals surface area contributed by atoms with E-state index in [1.165, 1.54) is 0 Å². The highest BCUT2D eigenvalue weighted by Crippen LogP contribution is 2.08. The standard InChI is InChI=1S/C13H18N4O/c1-9(12(18)17-13(2,3)4)16-11-6-5-10(7-14)15-8-11/h5-6,8-9,16H,1-4H3,(H,17,18). The summed E-state index contributed by atoms with van der Waals surface area (Å²) in [6, 6.07) is 4.92. The number of pyridine rings is 1. The minimum Gasteiger partial charge on any atom is -0.373 e. The molecule has 0 saturated heterocycles. The zero-order chi connectivity index (χ0) is 13.8. The van der Waals surface area contributed by atoms with E-state index in [2.05, 4.69) is 15.6 Å². The summed E-state index contributed by atoms with van der Waals surface area (Å²) < 4.78 is 0. The number of nitrogens with one attached hydrogen (secondary N) is 2. The van der Waals surface area contributed by atoms with Crippen molar-refractivity contribution >= 4 is 11.6 Å². The summed E-state index contributed by atoms with van der Waals surface area (Å²) in [5.74, 6) is -0.0770. The van der Waals surface area contributed by atoms with Crippen LogP contribution in [0.3, 0.4) is 0 Å². The van der Waals surface area contributed by atoms with Crippen molar-refractivity contribution in [1.82, 2.24) is 10.3 Å². The highest BCUT2D eigenvalue weighted by molar-refractivity contribution is 5.84. The zero-order valence-corrected chi connectivity index (χ0v) is 11.1. The number of nitrogens with zero attached hydrogens (tertiary/aromatic N) is 2. The summed E-state index contributed by atoms with van der Waals surface area (Å²) in [7, 11) is 0. The van der Waals surface area contributed by atoms with E-state index in [0.717, 1.165) is 0 Å². The van der Waals surface area contributed by atoms with Crippen LogP contribution in [0.4, 0.5) is 5.69 Å². The van der Waals surface area contributed by atoms with Gasteiger partial charge in [-0.15, -0.1) is 0 Å². The summed E-state index contributed by atoms with van der Waals surface area (Å²) in [6.45, 7) is 7.57. The van der Waals surface area contributed by atoms with Gasteiger partial charge in [0.05, 0.1) is 11.9 Å². The number of aromatic nitrogens is 1. The van der Waals surface area contributed by atoms with E-state index < -0.39 is 0 Å². The van der Waals surface area contributed by atoms with Crippen LogP contribution in [0.5, 0.6) is 0 Å². The maximum absolute atomic E-state index is 11.8. The van der Waals surface area contributed by atoms with E-state index in [1.807, 2.05) is 26.8 Å². The number of hydrogen-bond acceptors (Lipinski definition) is 4. The van der Waals surface area contributed by atoms with Crippen molar-refractivity contribution in [3.63, 3.8) is 0 Å². The zero-order valence-electron chi connectivity index (χ0n) is 11.1. The molecule has 0 saturated carbocycles. The molecule has 1 aromatic heterocycles. The molecule has 2 N–H and O–H groups in total. The maximum Gasteiger partial charge on any atom is 0.242 e. The Balaban J connectivity index is 2.61. The monoisotopic (exact) mass is 246 g/mol. The minimum absolute atomic E-state index is 0.0770. The quantitative estimate of drug-likeness (QED) is 0.850. The number of carbonyl (C=O) groups is 1. The Morgan fingerprint density at radius 1 is 1.44 bits per heavy atom. The van der Waals surface area contributed by atoms with Crippen molar-refractivity contribution in [3.8, 4) is 6.07 Å². The van der Waals surface area contributed by atoms with Crippen LogP contribution in [0.1, 0.15) is 33.4 Å². The van der Waals surface area contributed by atoms with Crippen LogP contribution in [0.2, 0.25) is 0 Å². The molecule has 96 valence electrons. The summed E-state index contributed by atoms with van der Waals surface area (Å²) in [5.41, 5.74) is 0.813. The first-order chi connectivity index (χ1) is 8.31. The first-order valence-electron chi connectivity index (χ1n) is 5.76. The lowest BCUT2D eigenvalue weighted by molar-refractivity contribution is -0.122. The Bertz CT molecular complexity index is 453. The fourth-order valence-corrected chi connectivity index (χ4v) is 1.34. The van der Waals surface area contributed by atoms with Crippen molar-refractivity contribution in [2.24, 2.45) is 0 Å². The van der Waals surface area contributed by atoms with Crippen LogP contribution in [-0.4, -0.2) is 22.5 Å². The Morgan fingerprint density at radius 3 is 2.56 bits per heavy atom. The Morgan fingerprint density at radius 2 is 2.11 bits per heavy atom. The molecule has 1 unspecified atom stereocenters. The highest BCUT2D eigenvalue weighted by atomic mass is 16.2. The van der Waals surface area contributed by atoms with Crippen molar-refractivity contribution in [3.05, 3.63) is 24.0 Å². The van der Waals surface area contributed by atoms with Crippen molar-refractivity contribution in [2.75, 3.05) is 5.32 Å². The molecule has 0 aliphatic rings. The third kappa shape index (κ3) is 4.42. The van der Waals surface area contributed by atoms with Crippen LogP contribution in [-0.2, 0) is 4.79 Å². The topological polar surface area (TPSA) is 77.8 Å². The van der Waals surface area contributed by atoms with Crippen molar-refractivity contribution in [2.45, 2.75) is 39.3 Å². The summed E-state index contributed by atoms with van der Waals surface area (Å²) >= 11 is 0. The molecule has 18 heavy (non-hydrogen) atoms. The number of carbonyl (C=O) groups excluding carboxylic acids is 1. The van der Waals surface area contributed by atoms with Crippen LogP contribution in [0.15, 0.2) is 18.3 Å². The van der Waals surface area contributed by atoms with Gasteiger partial charge < -0.3 is 10.6 Å². The van der Waals surface area contributed by atoms with Crippen LogP contribution >= 0.6 is 0 Å². The maximum atomic E-state index is 11.8. The molecule has 1 aromatic rings. The summed E-state index contributed by atoms with van der Waals surface area (Å²) in [5, 5.41) is 14.5. The molecule has 5 nitrogen and oxygen atoms in total. The minimum atomic E-state index is -0.362. The molecule has 0 spiro atoms. The van der Waals surface area contributed by atoms with Gasteiger partial charge in [0.2, 0.25) is 5.91 Å². The van der Waals surface area contributed by atoms with Crippen molar-refractivity contribution < 1.29 is 4.79 Å². The molecule has 1 rings (SSSR count). The first-order valence-corrected chi connectivity index (χ1v) is 5.76. The predicted octanol–water partition coefficient (Wildman–Crippen LogP) is 1.67. The molecule has 0 aliphatic heterocycles. The molecular weight excluding hydrogens is 228 g/mol. The third-order valence-electron chi connectivity index (χ3n) is 2.15. The van der Waals surface area contributed by atoms with E-state index >= 15 is 0 Å². The van der Waals surface area contributed by atoms with E-state index in [4.69, 9.17) is 5.26 Å². The second kappa shape index (κ2) is 5.50. The second-order valence-corrected chi connectivity index (χ2v) is 5.15. The van der Waals surface area contributed by atoms with Gasteiger partial charge in [-0.3, -0.25) is 4.79 Å². The van der Waals surface area contributed by atoms with E-state index in [0.29, 0.717) is 11.4 Å². The normalized spacial score (nSPS) is 12.4. The van der Waals surface area contributed by atoms with Gasteiger partial charge in [0.15, 0.2) is 0 Å². The fourth-order valence-electron chi connectivity index (χ4n) is 1.34. The average Bonchev–Trinajstić information content (AvgIpc) is 2.27. The van der Waals surface area contributed by atoms with Crippen molar-refractivity contribution in [1.29, 1.82) is 5.26 Å². The third-order valence-corrected chi connectivity index (χ3v) is 2.15. The molecule has 1 heterocycles. The van der Waals surface area contributed by atoms with Gasteiger partial charge in [-0.1, -0.05) is 0 Å². The smallest absolute Gasteiger partial charge is 0.242 e. The number of anilines is 1. The predicted molar refractivity (Wildman–Crippen MR) is 69.9 cm³/mol. The number of nitriles is 1. The lowest BCUT2D eigenvalue weighted by atomic mass is 10.1. The van der Waals surface area contributed by atoms with Gasteiger partial charge >= 0.3 is 0 Å². The second-order valence-electron chi connectivity index (χ2n) is 5.15. The van der Waals surface area contributed by atoms with Crippen LogP contribution < -0.4 is 10.6 Å². The first kappa shape index (κ1) is 14.0. The lowest BCUT2D eigenvalue weighted by Crippen LogP contribution is -2.47. The number of rotatable bonds is 3. The van der Waals surface area contributed by atoms with Crippen LogP contribution in [0, 0.1) is 11.3 Å². The average molecular weight is 246 g/mol. The van der Waals surface area contributed by atoms with E-state index in [9.17, 15) is 4.79 Å². The Kier molecular flexibility index (Phi) is 4.27. The van der Waals surface area contributed by atoms with Gasteiger partial charge in [0.25, 0.3) is 0 Å². The SMILES string of the molecule is CC(Nc1ccc(C#N)nc1)C(=O)NC(C)(C)C. The molecule has 0 bridgehead atoms. The van der Waals surface area contributed by atoms with E-state index in [1.54, 1.807) is 25.3 Å². The molecule has 0 fully saturated rings.